The van der Waals surface area contributed by atoms with Crippen molar-refractivity contribution in [3.63, 3.8) is 0 Å². The summed E-state index contributed by atoms with van der Waals surface area (Å²) >= 11 is 0. The van der Waals surface area contributed by atoms with Gasteiger partial charge in [-0.25, -0.2) is 0 Å². The molecule has 1 aliphatic carbocycles. The van der Waals surface area contributed by atoms with E-state index in [4.69, 9.17) is 0 Å². The van der Waals surface area contributed by atoms with Gasteiger partial charge in [-0.1, -0.05) is 31.0 Å². The minimum Gasteiger partial charge on any atom is -0.294 e. The zero-order valence-electron chi connectivity index (χ0n) is 9.26. The molecule has 2 rings (SSSR count). The van der Waals surface area contributed by atoms with Gasteiger partial charge in [0.2, 0.25) is 0 Å². The van der Waals surface area contributed by atoms with Gasteiger partial charge in [-0.05, 0) is 18.9 Å². The maximum atomic E-state index is 12.7. The first-order chi connectivity index (χ1) is 8.00. The van der Waals surface area contributed by atoms with Gasteiger partial charge in [0, 0.05) is 11.5 Å². The lowest BCUT2D eigenvalue weighted by Gasteiger charge is -2.14. The summed E-state index contributed by atoms with van der Waals surface area (Å²) in [4.78, 5) is 12.0. The third-order valence-corrected chi connectivity index (χ3v) is 3.22. The molecular weight excluding hydrogens is 229 g/mol. The van der Waals surface area contributed by atoms with Gasteiger partial charge in [0.05, 0.1) is 5.56 Å². The van der Waals surface area contributed by atoms with E-state index in [9.17, 15) is 18.0 Å². The van der Waals surface area contributed by atoms with Gasteiger partial charge in [-0.2, -0.15) is 13.2 Å². The predicted octanol–water partition coefficient (Wildman–Crippen LogP) is 4.08. The van der Waals surface area contributed by atoms with Crippen LogP contribution in [0.4, 0.5) is 13.2 Å². The Hall–Kier alpha value is -1.32. The molecule has 0 heterocycles. The van der Waals surface area contributed by atoms with E-state index >= 15 is 0 Å². The highest BCUT2D eigenvalue weighted by Crippen LogP contribution is 2.35. The van der Waals surface area contributed by atoms with E-state index < -0.39 is 11.7 Å². The van der Waals surface area contributed by atoms with Gasteiger partial charge in [-0.3, -0.25) is 4.79 Å². The molecule has 1 saturated carbocycles. The maximum absolute atomic E-state index is 12.7. The summed E-state index contributed by atoms with van der Waals surface area (Å²) < 4.78 is 38.2. The normalized spacial score (nSPS) is 17.4. The number of rotatable bonds is 2. The summed E-state index contributed by atoms with van der Waals surface area (Å²) in [7, 11) is 0. The number of Topliss-reactive ketones (excluding diaryl/α,β-unsaturated/α-hetero) is 1. The van der Waals surface area contributed by atoms with Crippen molar-refractivity contribution in [2.45, 2.75) is 31.9 Å². The number of carbonyl (C=O) groups excluding carboxylic acids is 1. The van der Waals surface area contributed by atoms with Crippen molar-refractivity contribution in [1.29, 1.82) is 0 Å². The number of halogens is 3. The van der Waals surface area contributed by atoms with E-state index in [2.05, 4.69) is 0 Å². The minimum atomic E-state index is -4.45. The molecule has 92 valence electrons. The molecule has 0 aromatic heterocycles. The molecule has 1 fully saturated rings. The zero-order valence-corrected chi connectivity index (χ0v) is 9.26. The quantitative estimate of drug-likeness (QED) is 0.714. The maximum Gasteiger partial charge on any atom is 0.417 e. The average Bonchev–Trinajstić information content (AvgIpc) is 2.80. The Morgan fingerprint density at radius 2 is 1.71 bits per heavy atom. The van der Waals surface area contributed by atoms with Crippen LogP contribution in [0.2, 0.25) is 0 Å². The van der Waals surface area contributed by atoms with E-state index in [1.165, 1.54) is 18.2 Å². The summed E-state index contributed by atoms with van der Waals surface area (Å²) in [6.45, 7) is 0. The molecular formula is C13H13F3O. The summed E-state index contributed by atoms with van der Waals surface area (Å²) in [5.41, 5.74) is -0.983. The second-order valence-electron chi connectivity index (χ2n) is 4.39. The van der Waals surface area contributed by atoms with Crippen LogP contribution in [-0.4, -0.2) is 5.78 Å². The van der Waals surface area contributed by atoms with E-state index in [1.54, 1.807) is 0 Å². The Labute approximate surface area is 97.6 Å². The van der Waals surface area contributed by atoms with Crippen molar-refractivity contribution < 1.29 is 18.0 Å². The molecule has 0 unspecified atom stereocenters. The molecule has 1 nitrogen and oxygen atoms in total. The Morgan fingerprint density at radius 3 is 2.29 bits per heavy atom. The van der Waals surface area contributed by atoms with Crippen molar-refractivity contribution in [3.05, 3.63) is 35.4 Å². The first kappa shape index (κ1) is 12.1. The van der Waals surface area contributed by atoms with Gasteiger partial charge in [0.1, 0.15) is 0 Å². The monoisotopic (exact) mass is 242 g/mol. The topological polar surface area (TPSA) is 17.1 Å². The molecule has 0 aliphatic heterocycles. The van der Waals surface area contributed by atoms with Gasteiger partial charge in [-0.15, -0.1) is 0 Å². The number of hydrogen-bond acceptors (Lipinski definition) is 1. The number of benzene rings is 1. The van der Waals surface area contributed by atoms with Crippen LogP contribution < -0.4 is 0 Å². The molecule has 1 aromatic carbocycles. The van der Waals surface area contributed by atoms with Crippen molar-refractivity contribution in [3.8, 4) is 0 Å². The molecule has 1 aliphatic rings. The molecule has 0 saturated heterocycles. The third kappa shape index (κ3) is 2.51. The van der Waals surface area contributed by atoms with Gasteiger partial charge < -0.3 is 0 Å². The smallest absolute Gasteiger partial charge is 0.294 e. The Morgan fingerprint density at radius 1 is 1.12 bits per heavy atom. The molecule has 0 amide bonds. The van der Waals surface area contributed by atoms with E-state index in [-0.39, 0.29) is 17.3 Å². The highest BCUT2D eigenvalue weighted by atomic mass is 19.4. The summed E-state index contributed by atoms with van der Waals surface area (Å²) in [6.07, 6.45) is -1.16. The molecule has 0 bridgehead atoms. The van der Waals surface area contributed by atoms with Gasteiger partial charge in [0.15, 0.2) is 5.78 Å². The molecule has 0 spiro atoms. The fraction of sp³-hybridized carbons (Fsp3) is 0.462. The van der Waals surface area contributed by atoms with E-state index in [1.807, 2.05) is 0 Å². The lowest BCUT2D eigenvalue weighted by molar-refractivity contribution is -0.137. The van der Waals surface area contributed by atoms with Crippen LogP contribution in [0, 0.1) is 5.92 Å². The molecule has 0 N–H and O–H groups in total. The Balaban J connectivity index is 2.34. The van der Waals surface area contributed by atoms with Crippen LogP contribution in [0.25, 0.3) is 0 Å². The van der Waals surface area contributed by atoms with Crippen LogP contribution in [-0.2, 0) is 6.18 Å². The Kier molecular flexibility index (Phi) is 3.22. The molecule has 1 aromatic rings. The predicted molar refractivity (Wildman–Crippen MR) is 57.7 cm³/mol. The highest BCUT2D eigenvalue weighted by molar-refractivity contribution is 5.99. The second kappa shape index (κ2) is 4.51. The summed E-state index contributed by atoms with van der Waals surface area (Å²) in [6, 6.07) is 5.05. The molecule has 17 heavy (non-hydrogen) atoms. The zero-order chi connectivity index (χ0) is 12.5. The van der Waals surface area contributed by atoms with Crippen LogP contribution in [0.5, 0.6) is 0 Å². The second-order valence-corrected chi connectivity index (χ2v) is 4.39. The third-order valence-electron chi connectivity index (χ3n) is 3.22. The van der Waals surface area contributed by atoms with Crippen molar-refractivity contribution in [2.24, 2.45) is 5.92 Å². The minimum absolute atomic E-state index is 0.174. The van der Waals surface area contributed by atoms with Crippen molar-refractivity contribution in [2.75, 3.05) is 0 Å². The first-order valence-corrected chi connectivity index (χ1v) is 5.70. The van der Waals surface area contributed by atoms with Crippen LogP contribution in [0.1, 0.15) is 41.6 Å². The van der Waals surface area contributed by atoms with Crippen molar-refractivity contribution >= 4 is 5.78 Å². The number of ketones is 1. The van der Waals surface area contributed by atoms with E-state index in [0.29, 0.717) is 12.8 Å². The van der Waals surface area contributed by atoms with Crippen LogP contribution >= 0.6 is 0 Å². The van der Waals surface area contributed by atoms with Crippen molar-refractivity contribution in [1.82, 2.24) is 0 Å². The van der Waals surface area contributed by atoms with Gasteiger partial charge in [0.25, 0.3) is 0 Å². The number of alkyl halides is 3. The molecule has 0 radical (unpaired) electrons. The lowest BCUT2D eigenvalue weighted by Crippen LogP contribution is -2.17. The average molecular weight is 242 g/mol. The fourth-order valence-corrected chi connectivity index (χ4v) is 2.35. The lowest BCUT2D eigenvalue weighted by atomic mass is 9.93. The van der Waals surface area contributed by atoms with Crippen LogP contribution in [0.15, 0.2) is 24.3 Å². The van der Waals surface area contributed by atoms with Crippen LogP contribution in [0.3, 0.4) is 0 Å². The first-order valence-electron chi connectivity index (χ1n) is 5.70. The van der Waals surface area contributed by atoms with E-state index in [0.717, 1.165) is 18.9 Å². The number of carbonyl (C=O) groups is 1. The SMILES string of the molecule is O=C(c1ccccc1C(F)(F)F)C1CCCC1. The highest BCUT2D eigenvalue weighted by Gasteiger charge is 2.36. The number of hydrogen-bond donors (Lipinski definition) is 0. The summed E-state index contributed by atoms with van der Waals surface area (Å²) in [5.74, 6) is -0.575. The largest absolute Gasteiger partial charge is 0.417 e. The van der Waals surface area contributed by atoms with Gasteiger partial charge >= 0.3 is 6.18 Å². The fourth-order valence-electron chi connectivity index (χ4n) is 2.35. The molecule has 0 atom stereocenters. The summed E-state index contributed by atoms with van der Waals surface area (Å²) in [5, 5.41) is 0. The standard InChI is InChI=1S/C13H13F3O/c14-13(15,16)11-8-4-3-7-10(11)12(17)9-5-1-2-6-9/h3-4,7-9H,1-2,5-6H2. The molecule has 4 heteroatoms. The Bertz CT molecular complexity index is 417.